The summed E-state index contributed by atoms with van der Waals surface area (Å²) in [5, 5.41) is 10.5. The van der Waals surface area contributed by atoms with E-state index >= 15 is 0 Å². The van der Waals surface area contributed by atoms with E-state index in [1.54, 1.807) is 0 Å². The zero-order valence-electron chi connectivity index (χ0n) is 9.73. The Balaban J connectivity index is 1.74. The zero-order valence-corrected chi connectivity index (χ0v) is 9.73. The average Bonchev–Trinajstić information content (AvgIpc) is 2.94. The molecule has 4 nitrogen and oxygen atoms in total. The van der Waals surface area contributed by atoms with E-state index in [1.807, 2.05) is 0 Å². The van der Waals surface area contributed by atoms with Crippen molar-refractivity contribution in [1.82, 2.24) is 4.90 Å². The average molecular weight is 227 g/mol. The molecule has 16 heavy (non-hydrogen) atoms. The molecule has 2 atom stereocenters. The van der Waals surface area contributed by atoms with E-state index in [2.05, 4.69) is 4.90 Å². The fourth-order valence-electron chi connectivity index (χ4n) is 3.40. The molecule has 1 N–H and O–H groups in total. The first-order chi connectivity index (χ1) is 7.82. The highest BCUT2D eigenvalue weighted by Gasteiger charge is 2.51. The van der Waals surface area contributed by atoms with Gasteiger partial charge in [-0.1, -0.05) is 0 Å². The number of aliphatic hydroxyl groups is 1. The zero-order chi connectivity index (χ0) is 11.0. The van der Waals surface area contributed by atoms with Crippen LogP contribution in [0, 0.1) is 0 Å². The largest absolute Gasteiger partial charge is 0.386 e. The molecule has 1 saturated carbocycles. The standard InChI is InChI=1S/C12H21NO3/c14-11-10(13-6-1-2-7-13)4-3-5-12(11)15-8-9-16-12/h10-11,14H,1-9H2/t10-,11+/m0/s1. The highest BCUT2D eigenvalue weighted by atomic mass is 16.7. The van der Waals surface area contributed by atoms with Crippen molar-refractivity contribution in [1.29, 1.82) is 0 Å². The van der Waals surface area contributed by atoms with Crippen molar-refractivity contribution in [2.75, 3.05) is 26.3 Å². The quantitative estimate of drug-likeness (QED) is 0.717. The number of likely N-dealkylation sites (tertiary alicyclic amines) is 1. The molecule has 3 rings (SSSR count). The maximum atomic E-state index is 10.5. The molecule has 92 valence electrons. The van der Waals surface area contributed by atoms with Gasteiger partial charge in [-0.25, -0.2) is 0 Å². The summed E-state index contributed by atoms with van der Waals surface area (Å²) < 4.78 is 11.4. The first-order valence-electron chi connectivity index (χ1n) is 6.52. The Kier molecular flexibility index (Phi) is 2.92. The van der Waals surface area contributed by atoms with Crippen LogP contribution < -0.4 is 0 Å². The summed E-state index contributed by atoms with van der Waals surface area (Å²) in [4.78, 5) is 2.41. The van der Waals surface area contributed by atoms with E-state index in [4.69, 9.17) is 9.47 Å². The van der Waals surface area contributed by atoms with E-state index in [0.717, 1.165) is 32.4 Å². The molecule has 0 aromatic heterocycles. The van der Waals surface area contributed by atoms with Gasteiger partial charge in [0.25, 0.3) is 0 Å². The summed E-state index contributed by atoms with van der Waals surface area (Å²) in [5.74, 6) is -0.675. The lowest BCUT2D eigenvalue weighted by Crippen LogP contribution is -2.58. The van der Waals surface area contributed by atoms with Gasteiger partial charge in [-0.05, 0) is 38.8 Å². The van der Waals surface area contributed by atoms with Gasteiger partial charge in [0.1, 0.15) is 6.10 Å². The first kappa shape index (κ1) is 11.0. The number of rotatable bonds is 1. The summed E-state index contributed by atoms with van der Waals surface area (Å²) >= 11 is 0. The van der Waals surface area contributed by atoms with Crippen molar-refractivity contribution in [3.63, 3.8) is 0 Å². The van der Waals surface area contributed by atoms with Gasteiger partial charge >= 0.3 is 0 Å². The second kappa shape index (κ2) is 4.26. The fraction of sp³-hybridized carbons (Fsp3) is 1.00. The summed E-state index contributed by atoms with van der Waals surface area (Å²) in [6.45, 7) is 3.50. The molecule has 2 saturated heterocycles. The van der Waals surface area contributed by atoms with E-state index in [9.17, 15) is 5.11 Å². The number of ether oxygens (including phenoxy) is 2. The lowest BCUT2D eigenvalue weighted by Gasteiger charge is -2.44. The van der Waals surface area contributed by atoms with Crippen LogP contribution in [0.2, 0.25) is 0 Å². The maximum Gasteiger partial charge on any atom is 0.196 e. The predicted molar refractivity (Wildman–Crippen MR) is 59.1 cm³/mol. The van der Waals surface area contributed by atoms with Crippen molar-refractivity contribution in [2.24, 2.45) is 0 Å². The van der Waals surface area contributed by atoms with Gasteiger partial charge < -0.3 is 14.6 Å². The summed E-state index contributed by atoms with van der Waals surface area (Å²) in [5.41, 5.74) is 0. The van der Waals surface area contributed by atoms with Crippen LogP contribution in [0.5, 0.6) is 0 Å². The lowest BCUT2D eigenvalue weighted by molar-refractivity contribution is -0.251. The van der Waals surface area contributed by atoms with Gasteiger partial charge in [0.2, 0.25) is 0 Å². The number of aliphatic hydroxyl groups excluding tert-OH is 1. The van der Waals surface area contributed by atoms with Crippen LogP contribution in [0.4, 0.5) is 0 Å². The molecule has 1 aliphatic carbocycles. The van der Waals surface area contributed by atoms with Gasteiger partial charge in [0.05, 0.1) is 13.2 Å². The molecule has 2 aliphatic heterocycles. The Bertz CT molecular complexity index is 247. The van der Waals surface area contributed by atoms with Crippen LogP contribution in [-0.2, 0) is 9.47 Å². The minimum atomic E-state index is -0.675. The minimum absolute atomic E-state index is 0.245. The molecule has 0 amide bonds. The number of hydrogen-bond acceptors (Lipinski definition) is 4. The Morgan fingerprint density at radius 1 is 1.06 bits per heavy atom. The third kappa shape index (κ3) is 1.68. The molecule has 3 aliphatic rings. The van der Waals surface area contributed by atoms with Crippen molar-refractivity contribution < 1.29 is 14.6 Å². The molecule has 0 unspecified atom stereocenters. The predicted octanol–water partition coefficient (Wildman–Crippen LogP) is 0.739. The molecule has 3 fully saturated rings. The SMILES string of the molecule is O[C@@H]1[C@@H](N2CCCC2)CCCC12OCCO2. The van der Waals surface area contributed by atoms with E-state index < -0.39 is 11.9 Å². The van der Waals surface area contributed by atoms with E-state index in [1.165, 1.54) is 12.8 Å². The van der Waals surface area contributed by atoms with Gasteiger partial charge in [0.15, 0.2) is 5.79 Å². The second-order valence-electron chi connectivity index (χ2n) is 5.16. The van der Waals surface area contributed by atoms with Gasteiger partial charge in [-0.15, -0.1) is 0 Å². The molecule has 0 bridgehead atoms. The van der Waals surface area contributed by atoms with Crippen molar-refractivity contribution in [2.45, 2.75) is 50.0 Å². The Morgan fingerprint density at radius 3 is 2.44 bits per heavy atom. The fourth-order valence-corrected chi connectivity index (χ4v) is 3.40. The van der Waals surface area contributed by atoms with Crippen molar-refractivity contribution in [3.05, 3.63) is 0 Å². The third-order valence-corrected chi connectivity index (χ3v) is 4.23. The van der Waals surface area contributed by atoms with E-state index in [0.29, 0.717) is 13.2 Å². The molecule has 2 heterocycles. The Labute approximate surface area is 96.5 Å². The summed E-state index contributed by atoms with van der Waals surface area (Å²) in [6.07, 6.45) is 5.07. The van der Waals surface area contributed by atoms with E-state index in [-0.39, 0.29) is 6.04 Å². The van der Waals surface area contributed by atoms with Crippen molar-refractivity contribution >= 4 is 0 Å². The van der Waals surface area contributed by atoms with Crippen LogP contribution in [-0.4, -0.2) is 54.2 Å². The van der Waals surface area contributed by atoms with Gasteiger partial charge in [-0.3, -0.25) is 4.90 Å². The highest BCUT2D eigenvalue weighted by Crippen LogP contribution is 2.38. The van der Waals surface area contributed by atoms with Crippen LogP contribution in [0.1, 0.15) is 32.1 Å². The molecule has 0 aromatic carbocycles. The van der Waals surface area contributed by atoms with Crippen LogP contribution in [0.25, 0.3) is 0 Å². The van der Waals surface area contributed by atoms with Gasteiger partial charge in [0, 0.05) is 12.5 Å². The molecule has 1 spiro atoms. The second-order valence-corrected chi connectivity index (χ2v) is 5.16. The summed E-state index contributed by atoms with van der Waals surface area (Å²) in [6, 6.07) is 0.245. The minimum Gasteiger partial charge on any atom is -0.386 e. The molecule has 0 radical (unpaired) electrons. The summed E-state index contributed by atoms with van der Waals surface area (Å²) in [7, 11) is 0. The highest BCUT2D eigenvalue weighted by molar-refractivity contribution is 4.97. The molecule has 4 heteroatoms. The van der Waals surface area contributed by atoms with Crippen LogP contribution >= 0.6 is 0 Å². The topological polar surface area (TPSA) is 41.9 Å². The third-order valence-electron chi connectivity index (χ3n) is 4.23. The normalized spacial score (nSPS) is 39.6. The van der Waals surface area contributed by atoms with Crippen molar-refractivity contribution in [3.8, 4) is 0 Å². The molecular formula is C12H21NO3. The lowest BCUT2D eigenvalue weighted by atomic mass is 9.86. The Hall–Kier alpha value is -0.160. The first-order valence-corrected chi connectivity index (χ1v) is 6.52. The Morgan fingerprint density at radius 2 is 1.75 bits per heavy atom. The maximum absolute atomic E-state index is 10.5. The smallest absolute Gasteiger partial charge is 0.196 e. The molecule has 0 aromatic rings. The number of hydrogen-bond donors (Lipinski definition) is 1. The van der Waals surface area contributed by atoms with Gasteiger partial charge in [-0.2, -0.15) is 0 Å². The molecular weight excluding hydrogens is 206 g/mol. The monoisotopic (exact) mass is 227 g/mol. The van der Waals surface area contributed by atoms with Crippen LogP contribution in [0.3, 0.4) is 0 Å². The number of nitrogens with zero attached hydrogens (tertiary/aromatic N) is 1. The van der Waals surface area contributed by atoms with Crippen LogP contribution in [0.15, 0.2) is 0 Å².